The van der Waals surface area contributed by atoms with Crippen LogP contribution in [0.3, 0.4) is 0 Å². The normalized spacial score (nSPS) is 15.2. The van der Waals surface area contributed by atoms with Gasteiger partial charge in [-0.3, -0.25) is 0 Å². The number of hydrogen-bond donors (Lipinski definition) is 2. The predicted molar refractivity (Wildman–Crippen MR) is 80.3 cm³/mol. The molecule has 0 aromatic rings. The van der Waals surface area contributed by atoms with E-state index in [1.165, 1.54) is 18.8 Å². The zero-order chi connectivity index (χ0) is 15.8. The smallest absolute Gasteiger partial charge is 0.330 e. The molecule has 0 aliphatic carbocycles. The van der Waals surface area contributed by atoms with Gasteiger partial charge >= 0.3 is 5.97 Å². The van der Waals surface area contributed by atoms with Gasteiger partial charge in [-0.2, -0.15) is 0 Å². The predicted octanol–water partition coefficient (Wildman–Crippen LogP) is 2.74. The highest BCUT2D eigenvalue weighted by Gasteiger charge is 2.23. The summed E-state index contributed by atoms with van der Waals surface area (Å²) in [5.74, 6) is -0.323. The second kappa shape index (κ2) is 8.93. The van der Waals surface area contributed by atoms with Crippen molar-refractivity contribution in [3.8, 4) is 0 Å². The Kier molecular flexibility index (Phi) is 8.42. The van der Waals surface area contributed by atoms with Gasteiger partial charge in [0.2, 0.25) is 0 Å². The first-order chi connectivity index (χ1) is 9.16. The van der Waals surface area contributed by atoms with E-state index in [-0.39, 0.29) is 5.97 Å². The van der Waals surface area contributed by atoms with Crippen molar-refractivity contribution in [2.75, 3.05) is 7.11 Å². The first kappa shape index (κ1) is 18.9. The van der Waals surface area contributed by atoms with Crippen LogP contribution in [0.5, 0.6) is 0 Å². The van der Waals surface area contributed by atoms with Gasteiger partial charge in [-0.15, -0.1) is 0 Å². The molecule has 116 valence electrons. The number of methoxy groups -OCH3 is 1. The van der Waals surface area contributed by atoms with Crippen LogP contribution < -0.4 is 0 Å². The zero-order valence-corrected chi connectivity index (χ0v) is 13.3. The fourth-order valence-electron chi connectivity index (χ4n) is 1.70. The standard InChI is InChI=1S/C16H28O4/c1-12(9-10-14(17)16(3,4)19)7-6-8-13(2)11-15(18)20-5/h7,11,14,17,19H,6,8-10H2,1-5H3/b12-7+,13-11+. The summed E-state index contributed by atoms with van der Waals surface area (Å²) < 4.78 is 4.56. The number of ether oxygens (including phenoxy) is 1. The van der Waals surface area contributed by atoms with E-state index in [4.69, 9.17) is 0 Å². The van der Waals surface area contributed by atoms with Crippen LogP contribution in [-0.2, 0) is 9.53 Å². The quantitative estimate of drug-likeness (QED) is 0.408. The summed E-state index contributed by atoms with van der Waals surface area (Å²) in [6.45, 7) is 7.13. The summed E-state index contributed by atoms with van der Waals surface area (Å²) in [6, 6.07) is 0. The van der Waals surface area contributed by atoms with Crippen LogP contribution in [-0.4, -0.2) is 35.0 Å². The molecule has 4 nitrogen and oxygen atoms in total. The van der Waals surface area contributed by atoms with Gasteiger partial charge in [-0.05, 0) is 53.4 Å². The number of allylic oxidation sites excluding steroid dienone is 3. The minimum Gasteiger partial charge on any atom is -0.466 e. The molecule has 0 aliphatic rings. The molecule has 1 atom stereocenters. The van der Waals surface area contributed by atoms with Crippen LogP contribution in [0.2, 0.25) is 0 Å². The van der Waals surface area contributed by atoms with E-state index in [1.807, 2.05) is 13.8 Å². The maximum atomic E-state index is 11.0. The summed E-state index contributed by atoms with van der Waals surface area (Å²) >= 11 is 0. The van der Waals surface area contributed by atoms with Crippen LogP contribution >= 0.6 is 0 Å². The third-order valence-corrected chi connectivity index (χ3v) is 3.22. The molecule has 0 spiro atoms. The van der Waals surface area contributed by atoms with Crippen molar-refractivity contribution >= 4 is 5.97 Å². The van der Waals surface area contributed by atoms with E-state index in [0.29, 0.717) is 6.42 Å². The Hall–Kier alpha value is -1.13. The van der Waals surface area contributed by atoms with Gasteiger partial charge in [0.1, 0.15) is 0 Å². The SMILES string of the molecule is COC(=O)/C=C(\C)CC/C=C(\C)CCC(O)C(C)(C)O. The van der Waals surface area contributed by atoms with E-state index >= 15 is 0 Å². The van der Waals surface area contributed by atoms with Crippen LogP contribution in [0.1, 0.15) is 53.4 Å². The zero-order valence-electron chi connectivity index (χ0n) is 13.3. The molecule has 0 aromatic carbocycles. The molecule has 2 N–H and O–H groups in total. The van der Waals surface area contributed by atoms with E-state index in [2.05, 4.69) is 10.8 Å². The van der Waals surface area contributed by atoms with Gasteiger partial charge in [0.15, 0.2) is 0 Å². The summed E-state index contributed by atoms with van der Waals surface area (Å²) in [5, 5.41) is 19.4. The minimum absolute atomic E-state index is 0.323. The average Bonchev–Trinajstić information content (AvgIpc) is 2.34. The number of hydrogen-bond acceptors (Lipinski definition) is 4. The first-order valence-corrected chi connectivity index (χ1v) is 6.98. The lowest BCUT2D eigenvalue weighted by molar-refractivity contribution is -0.134. The summed E-state index contributed by atoms with van der Waals surface area (Å²) in [5.41, 5.74) is 1.11. The van der Waals surface area contributed by atoms with Gasteiger partial charge in [0, 0.05) is 6.08 Å². The Bertz CT molecular complexity index is 361. The lowest BCUT2D eigenvalue weighted by atomic mass is 9.95. The van der Waals surface area contributed by atoms with Crippen molar-refractivity contribution in [3.05, 3.63) is 23.3 Å². The molecule has 0 heterocycles. The lowest BCUT2D eigenvalue weighted by Gasteiger charge is -2.24. The third kappa shape index (κ3) is 8.88. The number of aliphatic hydroxyl groups is 2. The van der Waals surface area contributed by atoms with Gasteiger partial charge in [-0.1, -0.05) is 17.2 Å². The molecule has 0 amide bonds. The van der Waals surface area contributed by atoms with E-state index < -0.39 is 11.7 Å². The molecule has 20 heavy (non-hydrogen) atoms. The number of carbonyl (C=O) groups is 1. The number of aliphatic hydroxyl groups excluding tert-OH is 1. The second-order valence-corrected chi connectivity index (χ2v) is 5.81. The largest absolute Gasteiger partial charge is 0.466 e. The summed E-state index contributed by atoms with van der Waals surface area (Å²) in [6.07, 6.45) is 5.84. The molecule has 0 fully saturated rings. The molecule has 4 heteroatoms. The van der Waals surface area contributed by atoms with Crippen LogP contribution in [0.4, 0.5) is 0 Å². The lowest BCUT2D eigenvalue weighted by Crippen LogP contribution is -2.35. The molecule has 0 radical (unpaired) electrons. The van der Waals surface area contributed by atoms with Gasteiger partial charge in [0.05, 0.1) is 18.8 Å². The Morgan fingerprint density at radius 2 is 1.85 bits per heavy atom. The number of carbonyl (C=O) groups excluding carboxylic acids is 1. The van der Waals surface area contributed by atoms with E-state index in [9.17, 15) is 15.0 Å². The molecule has 0 saturated heterocycles. The Balaban J connectivity index is 4.09. The number of esters is 1. The van der Waals surface area contributed by atoms with Crippen LogP contribution in [0.25, 0.3) is 0 Å². The summed E-state index contributed by atoms with van der Waals surface area (Å²) in [4.78, 5) is 11.0. The fourth-order valence-corrected chi connectivity index (χ4v) is 1.70. The van der Waals surface area contributed by atoms with Crippen molar-refractivity contribution in [2.45, 2.75) is 65.1 Å². The van der Waals surface area contributed by atoms with Gasteiger partial charge in [0.25, 0.3) is 0 Å². The first-order valence-electron chi connectivity index (χ1n) is 6.98. The highest BCUT2D eigenvalue weighted by atomic mass is 16.5. The molecular weight excluding hydrogens is 256 g/mol. The highest BCUT2D eigenvalue weighted by Crippen LogP contribution is 2.17. The second-order valence-electron chi connectivity index (χ2n) is 5.81. The highest BCUT2D eigenvalue weighted by molar-refractivity contribution is 5.82. The molecular formula is C16H28O4. The molecule has 0 bridgehead atoms. The van der Waals surface area contributed by atoms with Crippen molar-refractivity contribution in [1.29, 1.82) is 0 Å². The van der Waals surface area contributed by atoms with Crippen molar-refractivity contribution in [2.24, 2.45) is 0 Å². The molecule has 0 aromatic heterocycles. The third-order valence-electron chi connectivity index (χ3n) is 3.22. The Morgan fingerprint density at radius 3 is 2.35 bits per heavy atom. The maximum absolute atomic E-state index is 11.0. The Morgan fingerprint density at radius 1 is 1.25 bits per heavy atom. The summed E-state index contributed by atoms with van der Waals surface area (Å²) in [7, 11) is 1.37. The molecule has 0 rings (SSSR count). The van der Waals surface area contributed by atoms with Crippen LogP contribution in [0.15, 0.2) is 23.3 Å². The van der Waals surface area contributed by atoms with Crippen molar-refractivity contribution < 1.29 is 19.7 Å². The van der Waals surface area contributed by atoms with Gasteiger partial charge < -0.3 is 14.9 Å². The minimum atomic E-state index is -1.06. The van der Waals surface area contributed by atoms with Gasteiger partial charge in [-0.25, -0.2) is 4.79 Å². The fraction of sp³-hybridized carbons (Fsp3) is 0.688. The molecule has 0 saturated carbocycles. The average molecular weight is 284 g/mol. The Labute approximate surface area is 122 Å². The molecule has 0 aliphatic heterocycles. The van der Waals surface area contributed by atoms with Crippen molar-refractivity contribution in [1.82, 2.24) is 0 Å². The van der Waals surface area contributed by atoms with E-state index in [1.54, 1.807) is 13.8 Å². The molecule has 1 unspecified atom stereocenters. The maximum Gasteiger partial charge on any atom is 0.330 e. The topological polar surface area (TPSA) is 66.8 Å². The number of rotatable bonds is 8. The van der Waals surface area contributed by atoms with E-state index in [0.717, 1.165) is 24.8 Å². The monoisotopic (exact) mass is 284 g/mol. The van der Waals surface area contributed by atoms with Crippen molar-refractivity contribution in [3.63, 3.8) is 0 Å². The van der Waals surface area contributed by atoms with Crippen LogP contribution in [0, 0.1) is 0 Å².